The number of fused-ring (bicyclic) bond motifs is 1. The highest BCUT2D eigenvalue weighted by Gasteiger charge is 2.23. The van der Waals surface area contributed by atoms with Gasteiger partial charge in [0.25, 0.3) is 5.91 Å². The highest BCUT2D eigenvalue weighted by Crippen LogP contribution is 2.34. The van der Waals surface area contributed by atoms with Crippen LogP contribution in [0.1, 0.15) is 47.3 Å². The Labute approximate surface area is 171 Å². The Morgan fingerprint density at radius 1 is 0.897 bits per heavy atom. The average Bonchev–Trinajstić information content (AvgIpc) is 3.07. The van der Waals surface area contributed by atoms with E-state index in [-0.39, 0.29) is 5.91 Å². The topological polar surface area (TPSA) is 67.8 Å². The number of carbonyl (C=O) groups excluding carboxylic acids is 1. The predicted octanol–water partition coefficient (Wildman–Crippen LogP) is 3.07. The molecule has 0 bridgehead atoms. The highest BCUT2D eigenvalue weighted by molar-refractivity contribution is 5.93. The molecule has 154 valence electrons. The maximum Gasteiger partial charge on any atom is 0.272 e. The number of carbonyl (C=O) groups is 1. The molecule has 0 saturated carbocycles. The number of nitrogens with zero attached hydrogens (tertiary/aromatic N) is 4. The van der Waals surface area contributed by atoms with Gasteiger partial charge in [-0.1, -0.05) is 12.8 Å². The number of amides is 1. The molecular weight excluding hydrogens is 368 g/mol. The zero-order chi connectivity index (χ0) is 20.2. The Balaban J connectivity index is 1.54. The third-order valence-electron chi connectivity index (χ3n) is 5.81. The van der Waals surface area contributed by atoms with Crippen molar-refractivity contribution in [3.63, 3.8) is 0 Å². The second kappa shape index (κ2) is 8.68. The molecule has 0 radical (unpaired) electrons. The Morgan fingerprint density at radius 2 is 1.59 bits per heavy atom. The van der Waals surface area contributed by atoms with Crippen molar-refractivity contribution in [1.82, 2.24) is 14.9 Å². The lowest BCUT2D eigenvalue weighted by Gasteiger charge is -2.30. The number of benzene rings is 1. The van der Waals surface area contributed by atoms with E-state index in [0.717, 1.165) is 56.2 Å². The summed E-state index contributed by atoms with van der Waals surface area (Å²) in [5, 5.41) is 0. The van der Waals surface area contributed by atoms with Gasteiger partial charge in [0, 0.05) is 32.2 Å². The quantitative estimate of drug-likeness (QED) is 0.791. The fourth-order valence-corrected chi connectivity index (χ4v) is 4.15. The molecule has 2 aromatic rings. The van der Waals surface area contributed by atoms with Gasteiger partial charge in [0.05, 0.1) is 14.2 Å². The second-order valence-electron chi connectivity index (χ2n) is 7.62. The molecule has 7 heteroatoms. The largest absolute Gasteiger partial charge is 0.493 e. The summed E-state index contributed by atoms with van der Waals surface area (Å²) in [7, 11) is 3.30. The van der Waals surface area contributed by atoms with Gasteiger partial charge in [0.15, 0.2) is 11.5 Å². The molecule has 1 fully saturated rings. The van der Waals surface area contributed by atoms with Gasteiger partial charge < -0.3 is 19.3 Å². The summed E-state index contributed by atoms with van der Waals surface area (Å²) in [6, 6.07) is 5.92. The summed E-state index contributed by atoms with van der Waals surface area (Å²) >= 11 is 0. The molecule has 0 aliphatic carbocycles. The Bertz CT molecular complexity index is 878. The maximum absolute atomic E-state index is 12.9. The van der Waals surface area contributed by atoms with E-state index in [1.165, 1.54) is 30.3 Å². The van der Waals surface area contributed by atoms with E-state index in [9.17, 15) is 4.79 Å². The number of methoxy groups -OCH3 is 2. The summed E-state index contributed by atoms with van der Waals surface area (Å²) in [6.07, 6.45) is 6.91. The van der Waals surface area contributed by atoms with Crippen LogP contribution in [0.4, 0.5) is 5.82 Å². The van der Waals surface area contributed by atoms with Gasteiger partial charge in [0.1, 0.15) is 17.8 Å². The fourth-order valence-electron chi connectivity index (χ4n) is 4.15. The van der Waals surface area contributed by atoms with Crippen LogP contribution in [0, 0.1) is 0 Å². The number of rotatable bonds is 4. The molecule has 1 saturated heterocycles. The Kier molecular flexibility index (Phi) is 5.83. The third kappa shape index (κ3) is 4.13. The lowest BCUT2D eigenvalue weighted by Crippen LogP contribution is -2.34. The molecule has 4 rings (SSSR count). The van der Waals surface area contributed by atoms with Crippen molar-refractivity contribution >= 4 is 11.7 Å². The first-order chi connectivity index (χ1) is 14.2. The molecule has 7 nitrogen and oxygen atoms in total. The Hall–Kier alpha value is -2.83. The summed E-state index contributed by atoms with van der Waals surface area (Å²) in [6.45, 7) is 3.18. The molecule has 0 unspecified atom stereocenters. The van der Waals surface area contributed by atoms with Gasteiger partial charge in [0.2, 0.25) is 0 Å². The predicted molar refractivity (Wildman–Crippen MR) is 111 cm³/mol. The fraction of sp³-hybridized carbons (Fsp3) is 0.500. The minimum Gasteiger partial charge on any atom is -0.493 e. The minimum absolute atomic E-state index is 0.0133. The van der Waals surface area contributed by atoms with Crippen LogP contribution in [0.2, 0.25) is 0 Å². The van der Waals surface area contributed by atoms with Crippen molar-refractivity contribution in [2.45, 2.75) is 38.6 Å². The molecule has 29 heavy (non-hydrogen) atoms. The molecule has 2 aliphatic rings. The van der Waals surface area contributed by atoms with Crippen molar-refractivity contribution in [3.05, 3.63) is 41.3 Å². The van der Waals surface area contributed by atoms with Crippen LogP contribution in [0.3, 0.4) is 0 Å². The zero-order valence-corrected chi connectivity index (χ0v) is 17.2. The van der Waals surface area contributed by atoms with E-state index in [2.05, 4.69) is 20.9 Å². The lowest BCUT2D eigenvalue weighted by molar-refractivity contribution is 0.0755. The van der Waals surface area contributed by atoms with E-state index in [4.69, 9.17) is 9.47 Å². The molecule has 0 atom stereocenters. The summed E-state index contributed by atoms with van der Waals surface area (Å²) in [4.78, 5) is 25.8. The molecule has 3 heterocycles. The van der Waals surface area contributed by atoms with Crippen molar-refractivity contribution in [2.24, 2.45) is 0 Å². The van der Waals surface area contributed by atoms with Gasteiger partial charge in [-0.25, -0.2) is 9.97 Å². The van der Waals surface area contributed by atoms with Crippen molar-refractivity contribution in [1.29, 1.82) is 0 Å². The smallest absolute Gasteiger partial charge is 0.272 e. The zero-order valence-electron chi connectivity index (χ0n) is 17.2. The van der Waals surface area contributed by atoms with Crippen LogP contribution in [-0.4, -0.2) is 54.6 Å². The number of likely N-dealkylation sites (tertiary alicyclic amines) is 1. The van der Waals surface area contributed by atoms with Gasteiger partial charge >= 0.3 is 0 Å². The first-order valence-corrected chi connectivity index (χ1v) is 10.3. The molecule has 1 amide bonds. The second-order valence-corrected chi connectivity index (χ2v) is 7.62. The maximum atomic E-state index is 12.9. The molecule has 1 aromatic heterocycles. The van der Waals surface area contributed by atoms with E-state index in [0.29, 0.717) is 12.2 Å². The van der Waals surface area contributed by atoms with Crippen LogP contribution in [-0.2, 0) is 13.0 Å². The summed E-state index contributed by atoms with van der Waals surface area (Å²) in [5.41, 5.74) is 2.93. The normalized spacial score (nSPS) is 16.8. The highest BCUT2D eigenvalue weighted by atomic mass is 16.5. The van der Waals surface area contributed by atoms with Crippen molar-refractivity contribution in [2.75, 3.05) is 38.8 Å². The van der Waals surface area contributed by atoms with Crippen molar-refractivity contribution < 1.29 is 14.3 Å². The first kappa shape index (κ1) is 19.5. The number of hydrogen-bond donors (Lipinski definition) is 0. The average molecular weight is 396 g/mol. The third-order valence-corrected chi connectivity index (χ3v) is 5.81. The van der Waals surface area contributed by atoms with Gasteiger partial charge in [-0.05, 0) is 42.5 Å². The van der Waals surface area contributed by atoms with Crippen molar-refractivity contribution in [3.8, 4) is 11.5 Å². The molecule has 1 aromatic carbocycles. The van der Waals surface area contributed by atoms with Crippen LogP contribution in [0.25, 0.3) is 0 Å². The number of anilines is 1. The van der Waals surface area contributed by atoms with Gasteiger partial charge in [-0.2, -0.15) is 0 Å². The lowest BCUT2D eigenvalue weighted by atomic mass is 9.98. The van der Waals surface area contributed by atoms with E-state index < -0.39 is 0 Å². The molecule has 0 spiro atoms. The van der Waals surface area contributed by atoms with E-state index in [1.54, 1.807) is 14.2 Å². The number of hydrogen-bond acceptors (Lipinski definition) is 6. The first-order valence-electron chi connectivity index (χ1n) is 10.3. The van der Waals surface area contributed by atoms with Crippen LogP contribution >= 0.6 is 0 Å². The van der Waals surface area contributed by atoms with Crippen LogP contribution < -0.4 is 14.4 Å². The SMILES string of the molecule is COc1cc2c(cc1OC)CN(c1cc(C(=O)N3CCCCCC3)ncn1)CC2. The van der Waals surface area contributed by atoms with E-state index in [1.807, 2.05) is 17.0 Å². The summed E-state index contributed by atoms with van der Waals surface area (Å²) < 4.78 is 10.9. The van der Waals surface area contributed by atoms with Gasteiger partial charge in [-0.3, -0.25) is 4.79 Å². The Morgan fingerprint density at radius 3 is 2.28 bits per heavy atom. The number of ether oxygens (including phenoxy) is 2. The molecule has 0 N–H and O–H groups in total. The summed E-state index contributed by atoms with van der Waals surface area (Å²) in [5.74, 6) is 2.29. The number of aromatic nitrogens is 2. The molecular formula is C22H28N4O3. The molecule has 2 aliphatic heterocycles. The van der Waals surface area contributed by atoms with E-state index >= 15 is 0 Å². The van der Waals surface area contributed by atoms with Crippen LogP contribution in [0.15, 0.2) is 24.5 Å². The van der Waals surface area contributed by atoms with Gasteiger partial charge in [-0.15, -0.1) is 0 Å². The minimum atomic E-state index is 0.0133. The van der Waals surface area contributed by atoms with Crippen LogP contribution in [0.5, 0.6) is 11.5 Å². The monoisotopic (exact) mass is 396 g/mol. The standard InChI is InChI=1S/C22H28N4O3/c1-28-19-11-16-7-10-26(14-17(16)12-20(19)29-2)21-13-18(23-15-24-21)22(27)25-8-5-3-4-6-9-25/h11-13,15H,3-10,14H2,1-2H3.